The first kappa shape index (κ1) is 15.1. The van der Waals surface area contributed by atoms with E-state index < -0.39 is 5.60 Å². The van der Waals surface area contributed by atoms with E-state index in [1.165, 1.54) is 0 Å². The Labute approximate surface area is 135 Å². The molecule has 1 aromatic heterocycles. The zero-order valence-corrected chi connectivity index (χ0v) is 13.4. The van der Waals surface area contributed by atoms with E-state index in [0.29, 0.717) is 32.2 Å². The van der Waals surface area contributed by atoms with Crippen molar-refractivity contribution in [1.82, 2.24) is 14.7 Å². The first-order valence-electron chi connectivity index (χ1n) is 8.50. The Hall–Kier alpha value is -1.44. The molecule has 0 unspecified atom stereocenters. The van der Waals surface area contributed by atoms with Crippen LogP contribution in [0.25, 0.3) is 0 Å². The summed E-state index contributed by atoms with van der Waals surface area (Å²) in [5, 5.41) is 15.0. The van der Waals surface area contributed by atoms with Crippen molar-refractivity contribution in [2.45, 2.75) is 37.3 Å². The molecule has 1 amide bonds. The number of amides is 1. The summed E-state index contributed by atoms with van der Waals surface area (Å²) in [5.74, 6) is 0.196. The van der Waals surface area contributed by atoms with Crippen LogP contribution in [0, 0.1) is 0 Å². The van der Waals surface area contributed by atoms with Crippen molar-refractivity contribution in [3.63, 3.8) is 0 Å². The molecule has 0 bridgehead atoms. The smallest absolute Gasteiger partial charge is 0.227 e. The number of aromatic nitrogens is 2. The maximum Gasteiger partial charge on any atom is 0.227 e. The number of carbonyl (C=O) groups is 1. The second-order valence-corrected chi connectivity index (χ2v) is 7.01. The van der Waals surface area contributed by atoms with E-state index in [1.807, 2.05) is 15.8 Å². The number of aliphatic hydroxyl groups is 1. The van der Waals surface area contributed by atoms with Crippen LogP contribution in [0.4, 0.5) is 5.69 Å². The van der Waals surface area contributed by atoms with Gasteiger partial charge in [0.1, 0.15) is 0 Å². The Morgan fingerprint density at radius 1 is 1.35 bits per heavy atom. The van der Waals surface area contributed by atoms with Gasteiger partial charge >= 0.3 is 0 Å². The average molecular weight is 320 g/mol. The van der Waals surface area contributed by atoms with Gasteiger partial charge in [-0.15, -0.1) is 0 Å². The van der Waals surface area contributed by atoms with Gasteiger partial charge in [0, 0.05) is 64.9 Å². The minimum Gasteiger partial charge on any atom is -0.388 e. The number of carbonyl (C=O) groups excluding carboxylic acids is 1. The molecule has 126 valence electrons. The molecule has 0 saturated carbocycles. The predicted octanol–water partition coefficient (Wildman–Crippen LogP) is 0.408. The highest BCUT2D eigenvalue weighted by Gasteiger charge is 2.37. The van der Waals surface area contributed by atoms with Gasteiger partial charge < -0.3 is 14.7 Å². The van der Waals surface area contributed by atoms with Crippen LogP contribution in [0.15, 0.2) is 12.4 Å². The molecule has 3 saturated heterocycles. The number of hydrogen-bond donors (Lipinski definition) is 1. The van der Waals surface area contributed by atoms with Gasteiger partial charge in [-0.05, 0) is 6.42 Å². The SMILES string of the molecule is O=C1CCCN1c1cnn(C2CN(CC3(O)CCOCC3)C2)c1. The molecule has 7 heteroatoms. The minimum atomic E-state index is -0.597. The molecule has 23 heavy (non-hydrogen) atoms. The highest BCUT2D eigenvalue weighted by atomic mass is 16.5. The van der Waals surface area contributed by atoms with Crippen molar-refractivity contribution in [2.24, 2.45) is 0 Å². The molecule has 3 aliphatic rings. The van der Waals surface area contributed by atoms with Gasteiger partial charge in [0.2, 0.25) is 5.91 Å². The van der Waals surface area contributed by atoms with E-state index in [4.69, 9.17) is 4.74 Å². The number of anilines is 1. The third kappa shape index (κ3) is 3.00. The topological polar surface area (TPSA) is 70.8 Å². The third-order valence-electron chi connectivity index (χ3n) is 5.23. The lowest BCUT2D eigenvalue weighted by atomic mass is 9.92. The second kappa shape index (κ2) is 5.89. The first-order valence-corrected chi connectivity index (χ1v) is 8.50. The maximum absolute atomic E-state index is 11.8. The van der Waals surface area contributed by atoms with Crippen molar-refractivity contribution in [2.75, 3.05) is 44.3 Å². The van der Waals surface area contributed by atoms with Crippen molar-refractivity contribution in [3.8, 4) is 0 Å². The largest absolute Gasteiger partial charge is 0.388 e. The fraction of sp³-hybridized carbons (Fsp3) is 0.750. The van der Waals surface area contributed by atoms with Gasteiger partial charge in [0.15, 0.2) is 0 Å². The molecule has 0 spiro atoms. The summed E-state index contributed by atoms with van der Waals surface area (Å²) in [6.07, 6.45) is 6.79. The summed E-state index contributed by atoms with van der Waals surface area (Å²) >= 11 is 0. The van der Waals surface area contributed by atoms with E-state index in [-0.39, 0.29) is 5.91 Å². The second-order valence-electron chi connectivity index (χ2n) is 7.01. The molecular weight excluding hydrogens is 296 g/mol. The quantitative estimate of drug-likeness (QED) is 0.870. The molecule has 0 aromatic carbocycles. The summed E-state index contributed by atoms with van der Waals surface area (Å²) in [4.78, 5) is 15.9. The lowest BCUT2D eigenvalue weighted by Crippen LogP contribution is -2.55. The number of nitrogens with zero attached hydrogens (tertiary/aromatic N) is 4. The van der Waals surface area contributed by atoms with Gasteiger partial charge in [-0.3, -0.25) is 14.4 Å². The lowest BCUT2D eigenvalue weighted by Gasteiger charge is -2.44. The van der Waals surface area contributed by atoms with E-state index in [0.717, 1.165) is 44.6 Å². The molecule has 0 aliphatic carbocycles. The summed E-state index contributed by atoms with van der Waals surface area (Å²) in [6, 6.07) is 0.338. The van der Waals surface area contributed by atoms with Gasteiger partial charge in [-0.1, -0.05) is 0 Å². The zero-order chi connectivity index (χ0) is 15.9. The normalized spacial score (nSPS) is 25.8. The monoisotopic (exact) mass is 320 g/mol. The van der Waals surface area contributed by atoms with Crippen LogP contribution in [0.3, 0.4) is 0 Å². The number of rotatable bonds is 4. The molecule has 4 heterocycles. The van der Waals surface area contributed by atoms with Crippen molar-refractivity contribution in [1.29, 1.82) is 0 Å². The number of ether oxygens (including phenoxy) is 1. The van der Waals surface area contributed by atoms with E-state index >= 15 is 0 Å². The molecular formula is C16H24N4O3. The molecule has 3 fully saturated rings. The number of hydrogen-bond acceptors (Lipinski definition) is 5. The van der Waals surface area contributed by atoms with Crippen molar-refractivity contribution >= 4 is 11.6 Å². The Kier molecular flexibility index (Phi) is 3.87. The molecule has 0 atom stereocenters. The molecule has 7 nitrogen and oxygen atoms in total. The minimum absolute atomic E-state index is 0.196. The highest BCUT2D eigenvalue weighted by Crippen LogP contribution is 2.29. The Balaban J connectivity index is 1.32. The zero-order valence-electron chi connectivity index (χ0n) is 13.4. The summed E-state index contributed by atoms with van der Waals surface area (Å²) in [6.45, 7) is 4.62. The Morgan fingerprint density at radius 3 is 2.83 bits per heavy atom. The fourth-order valence-corrected chi connectivity index (χ4v) is 3.75. The first-order chi connectivity index (χ1) is 11.1. The van der Waals surface area contributed by atoms with Crippen LogP contribution in [0.5, 0.6) is 0 Å². The van der Waals surface area contributed by atoms with Gasteiger partial charge in [0.05, 0.1) is 23.5 Å². The predicted molar refractivity (Wildman–Crippen MR) is 84.3 cm³/mol. The fourth-order valence-electron chi connectivity index (χ4n) is 3.75. The number of likely N-dealkylation sites (tertiary alicyclic amines) is 1. The van der Waals surface area contributed by atoms with Crippen LogP contribution in [0.2, 0.25) is 0 Å². The molecule has 1 N–H and O–H groups in total. The van der Waals surface area contributed by atoms with Gasteiger partial charge in [0.25, 0.3) is 0 Å². The van der Waals surface area contributed by atoms with Gasteiger partial charge in [-0.2, -0.15) is 5.10 Å². The molecule has 3 aliphatic heterocycles. The van der Waals surface area contributed by atoms with Crippen LogP contribution < -0.4 is 4.90 Å². The third-order valence-corrected chi connectivity index (χ3v) is 5.23. The van der Waals surface area contributed by atoms with Crippen molar-refractivity contribution < 1.29 is 14.6 Å². The standard InChI is InChI=1S/C16H24N4O3/c21-15-2-1-5-19(15)13-8-17-20(11-13)14-9-18(10-14)12-16(22)3-6-23-7-4-16/h8,11,14,22H,1-7,9-10,12H2. The average Bonchev–Trinajstić information content (AvgIpc) is 3.12. The van der Waals surface area contributed by atoms with Crippen LogP contribution >= 0.6 is 0 Å². The van der Waals surface area contributed by atoms with Crippen LogP contribution in [-0.4, -0.2) is 70.7 Å². The molecule has 4 rings (SSSR count). The lowest BCUT2D eigenvalue weighted by molar-refractivity contribution is -0.117. The Bertz CT molecular complexity index is 576. The van der Waals surface area contributed by atoms with E-state index in [1.54, 1.807) is 6.20 Å². The summed E-state index contributed by atoms with van der Waals surface area (Å²) in [7, 11) is 0. The van der Waals surface area contributed by atoms with Crippen LogP contribution in [0.1, 0.15) is 31.7 Å². The maximum atomic E-state index is 11.8. The van der Waals surface area contributed by atoms with Crippen molar-refractivity contribution in [3.05, 3.63) is 12.4 Å². The van der Waals surface area contributed by atoms with Gasteiger partial charge in [-0.25, -0.2) is 0 Å². The Morgan fingerprint density at radius 2 is 2.13 bits per heavy atom. The highest BCUT2D eigenvalue weighted by molar-refractivity contribution is 5.95. The summed E-state index contributed by atoms with van der Waals surface area (Å²) in [5.41, 5.74) is 0.314. The summed E-state index contributed by atoms with van der Waals surface area (Å²) < 4.78 is 7.29. The molecule has 0 radical (unpaired) electrons. The van der Waals surface area contributed by atoms with E-state index in [2.05, 4.69) is 10.00 Å². The number of β-amino-alcohol motifs (C(OH)–C–C–N with tert-alkyl or cyclic N) is 1. The van der Waals surface area contributed by atoms with Crippen LogP contribution in [-0.2, 0) is 9.53 Å². The van der Waals surface area contributed by atoms with E-state index in [9.17, 15) is 9.90 Å². The molecule has 1 aromatic rings.